The van der Waals surface area contributed by atoms with Gasteiger partial charge in [0.15, 0.2) is 0 Å². The van der Waals surface area contributed by atoms with E-state index in [0.717, 1.165) is 0 Å². The van der Waals surface area contributed by atoms with Crippen molar-refractivity contribution in [1.82, 2.24) is 0 Å². The van der Waals surface area contributed by atoms with Crippen LogP contribution in [0, 0.1) is 0 Å². The van der Waals surface area contributed by atoms with Crippen LogP contribution in [0.4, 0.5) is 0 Å². The Labute approximate surface area is 82.9 Å². The van der Waals surface area contributed by atoms with Crippen LogP contribution in [0.2, 0.25) is 0 Å². The first-order valence-electron chi connectivity index (χ1n) is 5.97. The number of epoxide rings is 1. The third kappa shape index (κ3) is 2.70. The maximum absolute atomic E-state index is 5.86. The van der Waals surface area contributed by atoms with Crippen LogP contribution in [-0.2, 0) is 4.74 Å². The smallest absolute Gasteiger partial charge is 0.0948 e. The largest absolute Gasteiger partial charge is 0.366 e. The zero-order chi connectivity index (χ0) is 9.73. The van der Waals surface area contributed by atoms with Crippen LogP contribution in [0.5, 0.6) is 0 Å². The molecule has 1 heteroatoms. The monoisotopic (exact) mass is 184 g/mol. The second kappa shape index (κ2) is 4.99. The van der Waals surface area contributed by atoms with Gasteiger partial charge in [-0.1, -0.05) is 46.5 Å². The SMILES string of the molecule is CCCCC1(CCCC)OC1CC. The Morgan fingerprint density at radius 3 is 1.85 bits per heavy atom. The first-order valence-corrected chi connectivity index (χ1v) is 5.97. The Kier molecular flexibility index (Phi) is 4.24. The lowest BCUT2D eigenvalue weighted by Crippen LogP contribution is -2.14. The molecule has 1 aliphatic heterocycles. The Balaban J connectivity index is 2.29. The standard InChI is InChI=1S/C12H24O/c1-4-7-9-12(10-8-5-2)11(6-3)13-12/h11H,4-10H2,1-3H3. The number of unbranched alkanes of at least 4 members (excludes halogenated alkanes) is 2. The van der Waals surface area contributed by atoms with E-state index in [0.29, 0.717) is 11.7 Å². The average molecular weight is 184 g/mol. The van der Waals surface area contributed by atoms with E-state index in [4.69, 9.17) is 4.74 Å². The quantitative estimate of drug-likeness (QED) is 0.546. The highest BCUT2D eigenvalue weighted by atomic mass is 16.6. The lowest BCUT2D eigenvalue weighted by atomic mass is 9.91. The highest BCUT2D eigenvalue weighted by molar-refractivity contribution is 5.01. The molecule has 0 radical (unpaired) electrons. The van der Waals surface area contributed by atoms with Crippen molar-refractivity contribution >= 4 is 0 Å². The molecule has 1 rings (SSSR count). The molecule has 0 aliphatic carbocycles. The Bertz CT molecular complexity index is 134. The molecule has 1 aliphatic rings. The molecule has 0 amide bonds. The van der Waals surface area contributed by atoms with Crippen LogP contribution in [0.25, 0.3) is 0 Å². The lowest BCUT2D eigenvalue weighted by Gasteiger charge is -2.11. The van der Waals surface area contributed by atoms with Gasteiger partial charge in [-0.2, -0.15) is 0 Å². The van der Waals surface area contributed by atoms with E-state index in [9.17, 15) is 0 Å². The summed E-state index contributed by atoms with van der Waals surface area (Å²) in [4.78, 5) is 0. The van der Waals surface area contributed by atoms with Gasteiger partial charge in [0.1, 0.15) is 0 Å². The van der Waals surface area contributed by atoms with Gasteiger partial charge in [-0.15, -0.1) is 0 Å². The normalized spacial score (nSPS) is 24.7. The maximum Gasteiger partial charge on any atom is 0.0948 e. The zero-order valence-electron chi connectivity index (χ0n) is 9.44. The Morgan fingerprint density at radius 1 is 1.00 bits per heavy atom. The topological polar surface area (TPSA) is 12.5 Å². The highest BCUT2D eigenvalue weighted by Gasteiger charge is 2.53. The fourth-order valence-electron chi connectivity index (χ4n) is 2.22. The van der Waals surface area contributed by atoms with E-state index in [1.165, 1.54) is 44.9 Å². The van der Waals surface area contributed by atoms with Gasteiger partial charge in [-0.05, 0) is 19.3 Å². The van der Waals surface area contributed by atoms with Gasteiger partial charge in [0.2, 0.25) is 0 Å². The molecule has 0 saturated carbocycles. The third-order valence-electron chi connectivity index (χ3n) is 3.18. The van der Waals surface area contributed by atoms with Gasteiger partial charge >= 0.3 is 0 Å². The predicted molar refractivity (Wildman–Crippen MR) is 56.9 cm³/mol. The van der Waals surface area contributed by atoms with Crippen molar-refractivity contribution in [2.75, 3.05) is 0 Å². The summed E-state index contributed by atoms with van der Waals surface area (Å²) >= 11 is 0. The molecule has 1 atom stereocenters. The van der Waals surface area contributed by atoms with Crippen molar-refractivity contribution < 1.29 is 4.74 Å². The summed E-state index contributed by atoms with van der Waals surface area (Å²) in [5.74, 6) is 0. The molecule has 1 fully saturated rings. The summed E-state index contributed by atoms with van der Waals surface area (Å²) in [6.45, 7) is 6.76. The summed E-state index contributed by atoms with van der Waals surface area (Å²) in [5.41, 5.74) is 0.320. The Hall–Kier alpha value is -0.0400. The molecule has 0 aromatic heterocycles. The molecule has 0 spiro atoms. The van der Waals surface area contributed by atoms with Crippen LogP contribution in [0.3, 0.4) is 0 Å². The first kappa shape index (κ1) is 11.0. The van der Waals surface area contributed by atoms with Gasteiger partial charge in [0.25, 0.3) is 0 Å². The average Bonchev–Trinajstić information content (AvgIpc) is 2.86. The van der Waals surface area contributed by atoms with E-state index < -0.39 is 0 Å². The fraction of sp³-hybridized carbons (Fsp3) is 1.00. The van der Waals surface area contributed by atoms with E-state index in [1.54, 1.807) is 0 Å². The molecular formula is C12H24O. The van der Waals surface area contributed by atoms with E-state index >= 15 is 0 Å². The molecule has 0 aromatic carbocycles. The third-order valence-corrected chi connectivity index (χ3v) is 3.18. The minimum Gasteiger partial charge on any atom is -0.366 e. The van der Waals surface area contributed by atoms with Gasteiger partial charge in [0, 0.05) is 0 Å². The molecule has 1 heterocycles. The van der Waals surface area contributed by atoms with Crippen molar-refractivity contribution in [2.24, 2.45) is 0 Å². The van der Waals surface area contributed by atoms with Crippen molar-refractivity contribution in [1.29, 1.82) is 0 Å². The molecule has 1 saturated heterocycles. The van der Waals surface area contributed by atoms with Gasteiger partial charge < -0.3 is 4.74 Å². The van der Waals surface area contributed by atoms with Gasteiger partial charge in [-0.3, -0.25) is 0 Å². The molecule has 0 bridgehead atoms. The van der Waals surface area contributed by atoms with Gasteiger partial charge in [-0.25, -0.2) is 0 Å². The van der Waals surface area contributed by atoms with E-state index in [-0.39, 0.29) is 0 Å². The molecule has 1 unspecified atom stereocenters. The van der Waals surface area contributed by atoms with Crippen LogP contribution < -0.4 is 0 Å². The van der Waals surface area contributed by atoms with Crippen LogP contribution in [0.1, 0.15) is 65.7 Å². The van der Waals surface area contributed by atoms with Crippen LogP contribution in [0.15, 0.2) is 0 Å². The number of ether oxygens (including phenoxy) is 1. The van der Waals surface area contributed by atoms with Gasteiger partial charge in [0.05, 0.1) is 11.7 Å². The van der Waals surface area contributed by atoms with Crippen molar-refractivity contribution in [2.45, 2.75) is 77.4 Å². The minimum absolute atomic E-state index is 0.320. The van der Waals surface area contributed by atoms with E-state index in [2.05, 4.69) is 20.8 Å². The second-order valence-corrected chi connectivity index (χ2v) is 4.29. The van der Waals surface area contributed by atoms with E-state index in [1.807, 2.05) is 0 Å². The zero-order valence-corrected chi connectivity index (χ0v) is 9.44. The van der Waals surface area contributed by atoms with Crippen molar-refractivity contribution in [3.05, 3.63) is 0 Å². The number of hydrogen-bond donors (Lipinski definition) is 0. The highest BCUT2D eigenvalue weighted by Crippen LogP contribution is 2.46. The minimum atomic E-state index is 0.320. The summed E-state index contributed by atoms with van der Waals surface area (Å²) in [6.07, 6.45) is 9.64. The number of hydrogen-bond acceptors (Lipinski definition) is 1. The van der Waals surface area contributed by atoms with Crippen LogP contribution in [-0.4, -0.2) is 11.7 Å². The van der Waals surface area contributed by atoms with Crippen molar-refractivity contribution in [3.8, 4) is 0 Å². The Morgan fingerprint density at radius 2 is 1.54 bits per heavy atom. The predicted octanol–water partition coefficient (Wildman–Crippen LogP) is 3.91. The summed E-state index contributed by atoms with van der Waals surface area (Å²) in [7, 11) is 0. The second-order valence-electron chi connectivity index (χ2n) is 4.29. The van der Waals surface area contributed by atoms with Crippen LogP contribution >= 0.6 is 0 Å². The summed E-state index contributed by atoms with van der Waals surface area (Å²) < 4.78 is 5.86. The molecule has 1 nitrogen and oxygen atoms in total. The molecular weight excluding hydrogens is 160 g/mol. The first-order chi connectivity index (χ1) is 6.29. The maximum atomic E-state index is 5.86. The molecule has 13 heavy (non-hydrogen) atoms. The molecule has 78 valence electrons. The molecule has 0 aromatic rings. The lowest BCUT2D eigenvalue weighted by molar-refractivity contribution is 0.257. The molecule has 0 N–H and O–H groups in total. The summed E-state index contributed by atoms with van der Waals surface area (Å²) in [6, 6.07) is 0. The summed E-state index contributed by atoms with van der Waals surface area (Å²) in [5, 5.41) is 0. The number of rotatable bonds is 7. The fourth-order valence-corrected chi connectivity index (χ4v) is 2.22. The van der Waals surface area contributed by atoms with Crippen molar-refractivity contribution in [3.63, 3.8) is 0 Å².